The molecule has 0 aliphatic heterocycles. The van der Waals surface area contributed by atoms with Gasteiger partial charge in [0.05, 0.1) is 0 Å². The summed E-state index contributed by atoms with van der Waals surface area (Å²) in [6.07, 6.45) is 0. The molecular formula is H9AlCrCuFeMgMnSiTi. The fourth-order valence-electron chi connectivity index (χ4n) is 0. The fourth-order valence-corrected chi connectivity index (χ4v) is 0. The average molecular weight is 363 g/mol. The SMILES string of the molecule is [AlH3].[Cr].[Cu].[Fe].[H-].[H-].[Mg+2].[Mn].[SiH4].[Ti]. The van der Waals surface area contributed by atoms with Gasteiger partial charge in [0.1, 0.15) is 0 Å². The zero-order valence-electron chi connectivity index (χ0n) is 4.65. The summed E-state index contributed by atoms with van der Waals surface area (Å²) in [5.41, 5.74) is 0. The van der Waals surface area contributed by atoms with Crippen LogP contribution in [0.2, 0.25) is 0 Å². The van der Waals surface area contributed by atoms with E-state index in [1.165, 1.54) is 0 Å². The van der Waals surface area contributed by atoms with Gasteiger partial charge in [0.2, 0.25) is 0 Å². The molecule has 0 fully saturated rings. The molecule has 0 saturated heterocycles. The van der Waals surface area contributed by atoms with Gasteiger partial charge in [-0.25, -0.2) is 0 Å². The molecule has 0 spiro atoms. The topological polar surface area (TPSA) is 0 Å². The van der Waals surface area contributed by atoms with Gasteiger partial charge in [-0.05, 0) is 11.0 Å². The largest absolute Gasteiger partial charge is 2.00 e. The van der Waals surface area contributed by atoms with E-state index in [2.05, 4.69) is 0 Å². The zero-order chi connectivity index (χ0) is 0. The molecule has 54 valence electrons. The Bertz CT molecular complexity index is 31.2. The minimum absolute atomic E-state index is 0. The van der Waals surface area contributed by atoms with E-state index in [9.17, 15) is 0 Å². The molecule has 0 atom stereocenters. The van der Waals surface area contributed by atoms with Gasteiger partial charge in [-0.2, -0.15) is 0 Å². The van der Waals surface area contributed by atoms with E-state index < -0.39 is 0 Å². The smallest absolute Gasteiger partial charge is 1.00 e. The summed E-state index contributed by atoms with van der Waals surface area (Å²) >= 11 is 0. The van der Waals surface area contributed by atoms with Crippen molar-refractivity contribution < 1.29 is 93.1 Å². The summed E-state index contributed by atoms with van der Waals surface area (Å²) in [5.74, 6) is 0. The summed E-state index contributed by atoms with van der Waals surface area (Å²) in [7, 11) is 0. The van der Waals surface area contributed by atoms with Gasteiger partial charge in [0.15, 0.2) is 17.4 Å². The van der Waals surface area contributed by atoms with Crippen LogP contribution in [0.1, 0.15) is 2.85 Å². The van der Waals surface area contributed by atoms with Gasteiger partial charge in [-0.1, -0.05) is 0 Å². The number of hydrogen-bond donors (Lipinski definition) is 0. The van der Waals surface area contributed by atoms with E-state index in [-0.39, 0.29) is 145 Å². The van der Waals surface area contributed by atoms with Crippen molar-refractivity contribution in [2.45, 2.75) is 0 Å². The Morgan fingerprint density at radius 1 is 1.12 bits per heavy atom. The van der Waals surface area contributed by atoms with Gasteiger partial charge in [0.25, 0.3) is 0 Å². The molecule has 8 heavy (non-hydrogen) atoms. The molecule has 0 N–H and O–H groups in total. The Kier molecular flexibility index (Phi) is 683. The molecule has 0 aliphatic carbocycles. The Hall–Kier alpha value is 4.32. The van der Waals surface area contributed by atoms with Crippen molar-refractivity contribution in [2.24, 2.45) is 0 Å². The second-order valence-corrected chi connectivity index (χ2v) is 0. The third kappa shape index (κ3) is 48.0. The van der Waals surface area contributed by atoms with Gasteiger partial charge in [-0.3, -0.25) is 0 Å². The first-order chi connectivity index (χ1) is 0. The quantitative estimate of drug-likeness (QED) is 0.409. The van der Waals surface area contributed by atoms with Crippen LogP contribution in [0.5, 0.6) is 0 Å². The monoisotopic (exact) mass is 362 g/mol. The van der Waals surface area contributed by atoms with Crippen LogP contribution in [-0.4, -0.2) is 51.4 Å². The van der Waals surface area contributed by atoms with Gasteiger partial charge < -0.3 is 2.85 Å². The minimum atomic E-state index is 0. The predicted octanol–water partition coefficient (Wildman–Crippen LogP) is -2.80. The van der Waals surface area contributed by atoms with Crippen LogP contribution in [0, 0.1) is 0 Å². The maximum atomic E-state index is 0. The summed E-state index contributed by atoms with van der Waals surface area (Å²) < 4.78 is 0. The second kappa shape index (κ2) is 64.6. The maximum Gasteiger partial charge on any atom is 2.00 e. The second-order valence-electron chi connectivity index (χ2n) is 0. The van der Waals surface area contributed by atoms with Crippen molar-refractivity contribution in [3.05, 3.63) is 0 Å². The molecule has 0 rings (SSSR count). The molecule has 0 saturated carbocycles. The molecular weight excluding hydrogens is 354 g/mol. The third-order valence-corrected chi connectivity index (χ3v) is 0. The first-order valence-corrected chi connectivity index (χ1v) is 0. The Balaban J connectivity index is 0. The molecule has 8 heteroatoms. The van der Waals surface area contributed by atoms with Crippen LogP contribution in [0.15, 0.2) is 0 Å². The first kappa shape index (κ1) is 84.6. The van der Waals surface area contributed by atoms with Gasteiger partial charge in [0, 0.05) is 90.3 Å². The Labute approximate surface area is 142 Å². The van der Waals surface area contributed by atoms with Crippen LogP contribution < -0.4 is 0 Å². The standard InChI is InChI=1S/Al.Cr.Cu.Fe.Mg.Mn.H4Si.Ti.5H/h;;;;;;1H4;;;;;;/q;;;;+2;;;;;;;2*-1. The van der Waals surface area contributed by atoms with E-state index in [1.54, 1.807) is 0 Å². The molecule has 0 amide bonds. The molecule has 0 aromatic heterocycles. The minimum Gasteiger partial charge on any atom is -1.00 e. The van der Waals surface area contributed by atoms with E-state index in [1.807, 2.05) is 0 Å². The summed E-state index contributed by atoms with van der Waals surface area (Å²) in [6, 6.07) is 0. The predicted molar refractivity (Wildman–Crippen MR) is 29.3 cm³/mol. The van der Waals surface area contributed by atoms with Gasteiger partial charge >= 0.3 is 23.1 Å². The normalized spacial score (nSPS) is 0. The van der Waals surface area contributed by atoms with Crippen LogP contribution >= 0.6 is 0 Å². The van der Waals surface area contributed by atoms with Crippen molar-refractivity contribution in [1.29, 1.82) is 0 Å². The molecule has 0 aliphatic rings. The summed E-state index contributed by atoms with van der Waals surface area (Å²) in [5, 5.41) is 0. The first-order valence-electron chi connectivity index (χ1n) is 0. The number of rotatable bonds is 0. The van der Waals surface area contributed by atoms with Crippen molar-refractivity contribution in [3.8, 4) is 0 Å². The van der Waals surface area contributed by atoms with Crippen molar-refractivity contribution >= 4 is 51.4 Å². The Morgan fingerprint density at radius 2 is 1.12 bits per heavy atom. The summed E-state index contributed by atoms with van der Waals surface area (Å²) in [4.78, 5) is 0. The number of hydrogen-bond acceptors (Lipinski definition) is 0. The molecule has 0 aromatic rings. The van der Waals surface area contributed by atoms with E-state index in [0.29, 0.717) is 0 Å². The van der Waals surface area contributed by atoms with E-state index >= 15 is 0 Å². The molecule has 0 bridgehead atoms. The third-order valence-electron chi connectivity index (χ3n) is 0. The van der Waals surface area contributed by atoms with Crippen LogP contribution in [-0.2, 0) is 90.3 Å². The zero-order valence-corrected chi connectivity index (χ0v) is 10.1. The Morgan fingerprint density at radius 3 is 1.12 bits per heavy atom. The van der Waals surface area contributed by atoms with Crippen molar-refractivity contribution in [3.63, 3.8) is 0 Å². The van der Waals surface area contributed by atoms with Crippen LogP contribution in [0.25, 0.3) is 0 Å². The molecule has 0 unspecified atom stereocenters. The van der Waals surface area contributed by atoms with E-state index in [0.717, 1.165) is 0 Å². The fraction of sp³-hybridized carbons (Fsp3) is 0. The molecule has 0 nitrogen and oxygen atoms in total. The summed E-state index contributed by atoms with van der Waals surface area (Å²) in [6.45, 7) is 0. The van der Waals surface area contributed by atoms with E-state index in [4.69, 9.17) is 0 Å². The van der Waals surface area contributed by atoms with Crippen LogP contribution in [0.4, 0.5) is 0 Å². The molecule has 2 radical (unpaired) electrons. The van der Waals surface area contributed by atoms with Crippen molar-refractivity contribution in [2.75, 3.05) is 0 Å². The average Bonchev–Trinajstić information content (AvgIpc) is 0. The van der Waals surface area contributed by atoms with Crippen LogP contribution in [0.3, 0.4) is 0 Å². The van der Waals surface area contributed by atoms with Crippen molar-refractivity contribution in [1.82, 2.24) is 0 Å². The maximum absolute atomic E-state index is 0. The molecule has 0 aromatic carbocycles. The van der Waals surface area contributed by atoms with Gasteiger partial charge in [-0.15, -0.1) is 0 Å². The molecule has 0 heterocycles.